The Balaban J connectivity index is 2.59. The first-order chi connectivity index (χ1) is 7.99. The Bertz CT molecular complexity index is 443. The van der Waals surface area contributed by atoms with Gasteiger partial charge in [-0.25, -0.2) is 4.98 Å². The molecule has 2 N–H and O–H groups in total. The van der Waals surface area contributed by atoms with Crippen LogP contribution < -0.4 is 10.9 Å². The van der Waals surface area contributed by atoms with Gasteiger partial charge in [-0.2, -0.15) is 0 Å². The average molecular weight is 257 g/mol. The topological polar surface area (TPSA) is 74.8 Å². The summed E-state index contributed by atoms with van der Waals surface area (Å²) in [6, 6.07) is 1.44. The predicted molar refractivity (Wildman–Crippen MR) is 71.0 cm³/mol. The van der Waals surface area contributed by atoms with Crippen molar-refractivity contribution in [2.75, 3.05) is 23.9 Å². The lowest BCUT2D eigenvalue weighted by molar-refractivity contribution is 0.685. The largest absolute Gasteiger partial charge is 0.370 e. The van der Waals surface area contributed by atoms with E-state index in [0.29, 0.717) is 23.9 Å². The highest BCUT2D eigenvalue weighted by Crippen LogP contribution is 2.08. The molecule has 0 spiro atoms. The molecule has 96 valence electrons. The Morgan fingerprint density at radius 2 is 2.24 bits per heavy atom. The minimum absolute atomic E-state index is 0.148. The van der Waals surface area contributed by atoms with Crippen molar-refractivity contribution in [1.29, 1.82) is 0 Å². The molecule has 0 saturated carbocycles. The molecule has 1 aromatic heterocycles. The molecule has 1 rings (SSSR count). The normalized spacial score (nSPS) is 12.7. The first-order valence-corrected chi connectivity index (χ1v) is 7.37. The number of H-pyrrole nitrogens is 1. The van der Waals surface area contributed by atoms with Crippen molar-refractivity contribution < 1.29 is 4.21 Å². The molecule has 0 saturated heterocycles. The van der Waals surface area contributed by atoms with Gasteiger partial charge in [0, 0.05) is 41.3 Å². The van der Waals surface area contributed by atoms with E-state index in [1.165, 1.54) is 6.07 Å². The van der Waals surface area contributed by atoms with Gasteiger partial charge >= 0.3 is 0 Å². The average Bonchev–Trinajstić information content (AvgIpc) is 2.23. The molecule has 0 aliphatic rings. The van der Waals surface area contributed by atoms with Crippen molar-refractivity contribution in [1.82, 2.24) is 9.97 Å². The van der Waals surface area contributed by atoms with E-state index in [4.69, 9.17) is 0 Å². The van der Waals surface area contributed by atoms with Crippen molar-refractivity contribution in [3.05, 3.63) is 22.2 Å². The Morgan fingerprint density at radius 3 is 2.82 bits per heavy atom. The van der Waals surface area contributed by atoms with E-state index in [1.54, 1.807) is 6.26 Å². The summed E-state index contributed by atoms with van der Waals surface area (Å²) in [5.74, 6) is 2.11. The van der Waals surface area contributed by atoms with Gasteiger partial charge in [0.2, 0.25) is 0 Å². The van der Waals surface area contributed by atoms with Gasteiger partial charge in [-0.3, -0.25) is 9.00 Å². The van der Waals surface area contributed by atoms with E-state index in [2.05, 4.69) is 15.3 Å². The van der Waals surface area contributed by atoms with E-state index in [-0.39, 0.29) is 11.5 Å². The zero-order chi connectivity index (χ0) is 12.8. The molecular formula is C11H19N3O2S. The third kappa shape index (κ3) is 5.12. The maximum Gasteiger partial charge on any atom is 0.252 e. The van der Waals surface area contributed by atoms with Crippen molar-refractivity contribution in [2.45, 2.75) is 26.2 Å². The summed E-state index contributed by atoms with van der Waals surface area (Å²) < 4.78 is 10.9. The third-order valence-electron chi connectivity index (χ3n) is 2.22. The molecule has 1 aromatic rings. The first kappa shape index (κ1) is 13.9. The van der Waals surface area contributed by atoms with Crippen molar-refractivity contribution in [3.63, 3.8) is 0 Å². The summed E-state index contributed by atoms with van der Waals surface area (Å²) in [6.07, 6.45) is 2.48. The Labute approximate surface area is 104 Å². The van der Waals surface area contributed by atoms with Gasteiger partial charge in [0.25, 0.3) is 5.56 Å². The van der Waals surface area contributed by atoms with Gasteiger partial charge < -0.3 is 10.3 Å². The Hall–Kier alpha value is -1.17. The molecule has 0 radical (unpaired) electrons. The van der Waals surface area contributed by atoms with E-state index < -0.39 is 10.8 Å². The van der Waals surface area contributed by atoms with Gasteiger partial charge in [0.1, 0.15) is 11.6 Å². The molecule has 17 heavy (non-hydrogen) atoms. The summed E-state index contributed by atoms with van der Waals surface area (Å²) in [4.78, 5) is 18.4. The maximum atomic E-state index is 11.4. The minimum atomic E-state index is -0.768. The van der Waals surface area contributed by atoms with Gasteiger partial charge in [-0.05, 0) is 6.42 Å². The molecule has 1 unspecified atom stereocenters. The molecular weight excluding hydrogens is 238 g/mol. The van der Waals surface area contributed by atoms with Crippen LogP contribution in [0.3, 0.4) is 0 Å². The van der Waals surface area contributed by atoms with Crippen LogP contribution in [0.5, 0.6) is 0 Å². The SMILES string of the molecule is CC(C)c1nc(NCCCS(C)=O)cc(=O)[nH]1. The molecule has 0 amide bonds. The molecule has 6 heteroatoms. The van der Waals surface area contributed by atoms with Gasteiger partial charge in [-0.15, -0.1) is 0 Å². The third-order valence-corrected chi connectivity index (χ3v) is 3.09. The number of aromatic amines is 1. The molecule has 0 bridgehead atoms. The molecule has 0 fully saturated rings. The van der Waals surface area contributed by atoms with Gasteiger partial charge in [0.15, 0.2) is 0 Å². The lowest BCUT2D eigenvalue weighted by atomic mass is 10.2. The first-order valence-electron chi connectivity index (χ1n) is 5.64. The van der Waals surface area contributed by atoms with Crippen LogP contribution in [-0.2, 0) is 10.8 Å². The molecule has 1 atom stereocenters. The summed E-state index contributed by atoms with van der Waals surface area (Å²) in [5.41, 5.74) is -0.148. The van der Waals surface area contributed by atoms with Crippen LogP contribution in [0.4, 0.5) is 5.82 Å². The minimum Gasteiger partial charge on any atom is -0.370 e. The van der Waals surface area contributed by atoms with Crippen molar-refractivity contribution in [3.8, 4) is 0 Å². The fraction of sp³-hybridized carbons (Fsp3) is 0.636. The summed E-state index contributed by atoms with van der Waals surface area (Å²) >= 11 is 0. The van der Waals surface area contributed by atoms with E-state index in [9.17, 15) is 9.00 Å². The van der Waals surface area contributed by atoms with Gasteiger partial charge in [0.05, 0.1) is 0 Å². The van der Waals surface area contributed by atoms with Crippen LogP contribution in [0, 0.1) is 0 Å². The van der Waals surface area contributed by atoms with Crippen molar-refractivity contribution >= 4 is 16.6 Å². The van der Waals surface area contributed by atoms with E-state index in [0.717, 1.165) is 6.42 Å². The number of nitrogens with one attached hydrogen (secondary N) is 2. The number of aromatic nitrogens is 2. The molecule has 1 heterocycles. The van der Waals surface area contributed by atoms with E-state index in [1.807, 2.05) is 13.8 Å². The fourth-order valence-corrected chi connectivity index (χ4v) is 1.88. The quantitative estimate of drug-likeness (QED) is 0.748. The van der Waals surface area contributed by atoms with Crippen LogP contribution in [0.1, 0.15) is 32.0 Å². The number of anilines is 1. The number of nitrogens with zero attached hydrogens (tertiary/aromatic N) is 1. The Kier molecular flexibility index (Phi) is 5.34. The molecule has 0 aromatic carbocycles. The van der Waals surface area contributed by atoms with Gasteiger partial charge in [-0.1, -0.05) is 13.8 Å². The zero-order valence-electron chi connectivity index (χ0n) is 10.4. The molecule has 0 aliphatic carbocycles. The highest BCUT2D eigenvalue weighted by molar-refractivity contribution is 7.84. The van der Waals surface area contributed by atoms with Crippen molar-refractivity contribution in [2.24, 2.45) is 0 Å². The van der Waals surface area contributed by atoms with Crippen LogP contribution in [0.2, 0.25) is 0 Å². The predicted octanol–water partition coefficient (Wildman–Crippen LogP) is 1.07. The number of hydrogen-bond acceptors (Lipinski definition) is 4. The Morgan fingerprint density at radius 1 is 1.53 bits per heavy atom. The summed E-state index contributed by atoms with van der Waals surface area (Å²) in [7, 11) is -0.768. The lowest BCUT2D eigenvalue weighted by Gasteiger charge is -2.08. The van der Waals surface area contributed by atoms with Crippen LogP contribution in [0.15, 0.2) is 10.9 Å². The van der Waals surface area contributed by atoms with Crippen LogP contribution in [0.25, 0.3) is 0 Å². The zero-order valence-corrected chi connectivity index (χ0v) is 11.3. The molecule has 5 nitrogen and oxygen atoms in total. The summed E-state index contributed by atoms with van der Waals surface area (Å²) in [5, 5.41) is 3.07. The smallest absolute Gasteiger partial charge is 0.252 e. The van der Waals surface area contributed by atoms with Crippen LogP contribution in [-0.4, -0.2) is 32.7 Å². The van der Waals surface area contributed by atoms with Crippen LogP contribution >= 0.6 is 0 Å². The second kappa shape index (κ2) is 6.54. The lowest BCUT2D eigenvalue weighted by Crippen LogP contribution is -2.15. The number of rotatable bonds is 6. The second-order valence-electron chi connectivity index (χ2n) is 4.23. The fourth-order valence-electron chi connectivity index (χ4n) is 1.33. The maximum absolute atomic E-state index is 11.4. The monoisotopic (exact) mass is 257 g/mol. The summed E-state index contributed by atoms with van der Waals surface area (Å²) in [6.45, 7) is 4.62. The van der Waals surface area contributed by atoms with E-state index >= 15 is 0 Å². The standard InChI is InChI=1S/C11H19N3O2S/c1-8(2)11-13-9(7-10(15)14-11)12-5-4-6-17(3)16/h7-8H,4-6H2,1-3H3,(H2,12,13,14,15). The second-order valence-corrected chi connectivity index (χ2v) is 5.78. The molecule has 0 aliphatic heterocycles. The number of hydrogen-bond donors (Lipinski definition) is 2. The highest BCUT2D eigenvalue weighted by atomic mass is 32.2. The highest BCUT2D eigenvalue weighted by Gasteiger charge is 2.04.